The van der Waals surface area contributed by atoms with Crippen molar-refractivity contribution in [3.63, 3.8) is 0 Å². The summed E-state index contributed by atoms with van der Waals surface area (Å²) in [5.74, 6) is -0.787. The number of β-amino-alcohol motifs (C(OH)–C–C–N with tert-alkyl or cyclic N) is 1. The Morgan fingerprint density at radius 2 is 1.84 bits per heavy atom. The molecule has 1 aromatic heterocycles. The summed E-state index contributed by atoms with van der Waals surface area (Å²) in [4.78, 5) is 29.3. The zero-order valence-electron chi connectivity index (χ0n) is 23.6. The van der Waals surface area contributed by atoms with Gasteiger partial charge >= 0.3 is 12.3 Å². The summed E-state index contributed by atoms with van der Waals surface area (Å²) < 4.78 is 46.1. The number of carboxylic acid groups (broad SMARTS) is 1. The van der Waals surface area contributed by atoms with Gasteiger partial charge < -0.3 is 29.5 Å². The molecule has 2 saturated heterocycles. The van der Waals surface area contributed by atoms with E-state index in [1.54, 1.807) is 29.2 Å². The zero-order chi connectivity index (χ0) is 30.3. The van der Waals surface area contributed by atoms with Gasteiger partial charge in [0.25, 0.3) is 0 Å². The van der Waals surface area contributed by atoms with Crippen LogP contribution in [0.15, 0.2) is 45.6 Å². The highest BCUT2D eigenvalue weighted by atomic mass is 35.5. The van der Waals surface area contributed by atoms with Crippen LogP contribution in [0.3, 0.4) is 0 Å². The Hall–Kier alpha value is -2.90. The van der Waals surface area contributed by atoms with Gasteiger partial charge in [-0.2, -0.15) is 13.2 Å². The van der Waals surface area contributed by atoms with Gasteiger partial charge in [0, 0.05) is 54.5 Å². The van der Waals surface area contributed by atoms with E-state index in [1.807, 2.05) is 11.9 Å². The highest BCUT2D eigenvalue weighted by Crippen LogP contribution is 2.44. The Morgan fingerprint density at radius 1 is 1.14 bits per heavy atom. The van der Waals surface area contributed by atoms with Crippen molar-refractivity contribution in [2.24, 2.45) is 0 Å². The molecule has 1 amide bonds. The summed E-state index contributed by atoms with van der Waals surface area (Å²) in [6, 6.07) is 8.39. The number of benzene rings is 2. The second-order valence-electron chi connectivity index (χ2n) is 11.0. The molecule has 3 N–H and O–H groups in total. The van der Waals surface area contributed by atoms with Gasteiger partial charge in [0.05, 0.1) is 17.2 Å². The highest BCUT2D eigenvalue weighted by Gasteiger charge is 2.40. The van der Waals surface area contributed by atoms with Gasteiger partial charge in [-0.15, -0.1) is 24.8 Å². The molecule has 2 aliphatic heterocycles. The van der Waals surface area contributed by atoms with Crippen molar-refractivity contribution in [2.45, 2.75) is 43.5 Å². The second-order valence-corrected chi connectivity index (χ2v) is 11.4. The molecule has 0 spiro atoms. The van der Waals surface area contributed by atoms with E-state index in [0.717, 1.165) is 0 Å². The number of carbonyl (C=O) groups is 1. The summed E-state index contributed by atoms with van der Waals surface area (Å²) in [5, 5.41) is 32.2. The lowest BCUT2D eigenvalue weighted by Gasteiger charge is -2.42. The first-order valence-corrected chi connectivity index (χ1v) is 14.0. The number of aliphatic hydroxyl groups is 1. The predicted octanol–water partition coefficient (Wildman–Crippen LogP) is 5.95. The fourth-order valence-electron chi connectivity index (χ4n) is 6.14. The summed E-state index contributed by atoms with van der Waals surface area (Å²) in [7, 11) is 1.86. The molecule has 9 nitrogen and oxygen atoms in total. The second kappa shape index (κ2) is 14.0. The number of anilines is 1. The molecular formula is C29H33Cl3F3N3O6. The minimum absolute atomic E-state index is 0. The fraction of sp³-hybridized carbons (Fsp3) is 0.448. The van der Waals surface area contributed by atoms with Gasteiger partial charge in [-0.05, 0) is 45.0 Å². The molecule has 2 fully saturated rings. The van der Waals surface area contributed by atoms with Crippen molar-refractivity contribution in [1.82, 2.24) is 9.80 Å². The van der Waals surface area contributed by atoms with Gasteiger partial charge in [0.1, 0.15) is 29.0 Å². The number of aliphatic hydroxyl groups excluding tert-OH is 1. The third-order valence-electron chi connectivity index (χ3n) is 8.07. The maximum atomic E-state index is 13.4. The maximum Gasteiger partial charge on any atom is 0.407 e. The van der Waals surface area contributed by atoms with Crippen LogP contribution in [0.1, 0.15) is 30.7 Å². The fourth-order valence-corrected chi connectivity index (χ4v) is 6.36. The van der Waals surface area contributed by atoms with E-state index in [1.165, 1.54) is 12.1 Å². The monoisotopic (exact) mass is 681 g/mol. The lowest BCUT2D eigenvalue weighted by molar-refractivity contribution is -0.146. The molecule has 0 radical (unpaired) electrons. The van der Waals surface area contributed by atoms with Gasteiger partial charge in [0.15, 0.2) is 5.43 Å². The van der Waals surface area contributed by atoms with Crippen LogP contribution in [0.25, 0.3) is 22.3 Å². The number of rotatable bonds is 5. The van der Waals surface area contributed by atoms with Crippen molar-refractivity contribution < 1.29 is 37.7 Å². The van der Waals surface area contributed by atoms with Gasteiger partial charge in [-0.1, -0.05) is 23.7 Å². The number of phenolic OH excluding ortho intramolecular Hbond substituents is 1. The number of fused-ring (bicyclic) bond motifs is 1. The standard InChI is InChI=1S/C29H31ClF3N3O6.2ClH/c1-34-10-8-18(23(39)14-34)25-20(35-9-4-5-16(13-35)36(28(40)41)15-29(31,32)33)11-21(37)26-22(38)12-24(42-27(25)26)17-6-2-3-7-19(17)30;;/h2-3,6-7,11-12,16,18,23,37,39H,4-5,8-10,13-15H2,1H3,(H,40,41);2*1H/t16?,18-,23+;;/m0../s1. The number of piperidine rings is 2. The molecule has 15 heteroatoms. The number of hydrogen-bond acceptors (Lipinski definition) is 7. The van der Waals surface area contributed by atoms with Crippen molar-refractivity contribution in [3.05, 3.63) is 57.2 Å². The molecule has 3 atom stereocenters. The van der Waals surface area contributed by atoms with Gasteiger partial charge in [0.2, 0.25) is 0 Å². The number of phenols is 1. The van der Waals surface area contributed by atoms with Crippen molar-refractivity contribution >= 4 is 59.2 Å². The van der Waals surface area contributed by atoms with E-state index < -0.39 is 48.1 Å². The lowest BCUT2D eigenvalue weighted by Crippen LogP contribution is -2.53. The minimum Gasteiger partial charge on any atom is -0.507 e. The normalized spacial score (nSPS) is 21.0. The maximum absolute atomic E-state index is 13.4. The Kier molecular flexibility index (Phi) is 11.3. The third kappa shape index (κ3) is 7.31. The van der Waals surface area contributed by atoms with E-state index in [-0.39, 0.29) is 54.5 Å². The molecule has 2 aromatic carbocycles. The number of likely N-dealkylation sites (N-methyl/N-ethyl adjacent to an activating group) is 1. The third-order valence-corrected chi connectivity index (χ3v) is 8.40. The summed E-state index contributed by atoms with van der Waals surface area (Å²) in [6.07, 6.45) is -6.21. The molecule has 1 unspecified atom stereocenters. The SMILES string of the molecule is CN1CC[C@H](c2c(N3CCCC(N(CC(F)(F)F)C(=O)O)C3)cc(O)c3c(=O)cc(-c4ccccc4Cl)oc23)[C@H](O)C1.Cl.Cl. The predicted molar refractivity (Wildman–Crippen MR) is 166 cm³/mol. The number of amides is 1. The number of aromatic hydroxyl groups is 1. The minimum atomic E-state index is -4.72. The summed E-state index contributed by atoms with van der Waals surface area (Å²) in [5.41, 5.74) is 0.772. The van der Waals surface area contributed by atoms with Crippen LogP contribution in [0.4, 0.5) is 23.7 Å². The summed E-state index contributed by atoms with van der Waals surface area (Å²) in [6.45, 7) is -0.413. The van der Waals surface area contributed by atoms with E-state index in [9.17, 15) is 38.1 Å². The first-order chi connectivity index (χ1) is 19.8. The molecule has 0 aliphatic carbocycles. The van der Waals surface area contributed by atoms with E-state index >= 15 is 0 Å². The number of likely N-dealkylation sites (tertiary alicyclic amines) is 1. The van der Waals surface area contributed by atoms with Crippen LogP contribution in [-0.2, 0) is 0 Å². The molecule has 3 aromatic rings. The molecule has 3 heterocycles. The Balaban J connectivity index is 0.00000264. The molecule has 44 heavy (non-hydrogen) atoms. The Morgan fingerprint density at radius 3 is 2.48 bits per heavy atom. The van der Waals surface area contributed by atoms with Crippen molar-refractivity contribution in [1.29, 1.82) is 0 Å². The van der Waals surface area contributed by atoms with Crippen LogP contribution >= 0.6 is 36.4 Å². The van der Waals surface area contributed by atoms with Gasteiger partial charge in [-0.3, -0.25) is 9.69 Å². The van der Waals surface area contributed by atoms with Crippen molar-refractivity contribution in [2.75, 3.05) is 44.7 Å². The van der Waals surface area contributed by atoms with Crippen LogP contribution in [-0.4, -0.2) is 89.3 Å². The topological polar surface area (TPSA) is 118 Å². The van der Waals surface area contributed by atoms with Gasteiger partial charge in [-0.25, -0.2) is 4.79 Å². The average Bonchev–Trinajstić information content (AvgIpc) is 2.91. The number of alkyl halides is 3. The van der Waals surface area contributed by atoms with Crippen LogP contribution < -0.4 is 10.3 Å². The highest BCUT2D eigenvalue weighted by molar-refractivity contribution is 6.33. The van der Waals surface area contributed by atoms with E-state index in [2.05, 4.69) is 0 Å². The lowest BCUT2D eigenvalue weighted by atomic mass is 9.84. The van der Waals surface area contributed by atoms with Crippen LogP contribution in [0.5, 0.6) is 5.75 Å². The first kappa shape index (κ1) is 35.6. The largest absolute Gasteiger partial charge is 0.507 e. The smallest absolute Gasteiger partial charge is 0.407 e. The molecule has 5 rings (SSSR count). The van der Waals surface area contributed by atoms with Crippen LogP contribution in [0, 0.1) is 0 Å². The molecule has 0 saturated carbocycles. The average molecular weight is 683 g/mol. The molecule has 0 bridgehead atoms. The van der Waals surface area contributed by atoms with Crippen molar-refractivity contribution in [3.8, 4) is 17.1 Å². The zero-order valence-corrected chi connectivity index (χ0v) is 26.0. The summed E-state index contributed by atoms with van der Waals surface area (Å²) >= 11 is 6.39. The number of hydrogen-bond donors (Lipinski definition) is 3. The Labute approximate surface area is 268 Å². The molecular weight excluding hydrogens is 650 g/mol. The van der Waals surface area contributed by atoms with Crippen LogP contribution in [0.2, 0.25) is 5.02 Å². The number of halogens is 6. The first-order valence-electron chi connectivity index (χ1n) is 13.6. The number of nitrogens with zero attached hydrogens (tertiary/aromatic N) is 3. The van der Waals surface area contributed by atoms with E-state index in [4.69, 9.17) is 16.0 Å². The molecule has 2 aliphatic rings. The van der Waals surface area contributed by atoms with E-state index in [0.29, 0.717) is 59.2 Å². The quantitative estimate of drug-likeness (QED) is 0.302. The Bertz CT molecular complexity index is 1560. The molecule has 242 valence electrons.